The van der Waals surface area contributed by atoms with Gasteiger partial charge in [0.2, 0.25) is 0 Å². The Morgan fingerprint density at radius 1 is 0.469 bits per heavy atom. The molecule has 0 aliphatic rings. The number of hydrogen-bond acceptors (Lipinski definition) is 1. The standard InChI is InChI=1S/C30H58O2/c1-2-3-4-5-6-7-8-9-10-11-12-13-14-15-16-17-18-19-20-21-22-23-24-25-26-27-28-29-30(31)32/h15-16H,2-14,17-29H2,1H3,(H,31,32)/b16-15+. The number of unbranched alkanes of at least 4 members (excludes halogenated alkanes) is 23. The van der Waals surface area contributed by atoms with Crippen LogP contribution in [0.4, 0.5) is 0 Å². The Morgan fingerprint density at radius 2 is 0.750 bits per heavy atom. The number of carboxylic acids is 1. The molecule has 2 heteroatoms. The summed E-state index contributed by atoms with van der Waals surface area (Å²) in [6.45, 7) is 2.29. The third kappa shape index (κ3) is 29.2. The largest absolute Gasteiger partial charge is 0.481 e. The van der Waals surface area contributed by atoms with Crippen molar-refractivity contribution in [2.24, 2.45) is 0 Å². The van der Waals surface area contributed by atoms with Crippen LogP contribution in [0.3, 0.4) is 0 Å². The number of hydrogen-bond donors (Lipinski definition) is 1. The predicted octanol–water partition coefficient (Wildman–Crippen LogP) is 10.8. The van der Waals surface area contributed by atoms with Gasteiger partial charge in [-0.05, 0) is 32.1 Å². The van der Waals surface area contributed by atoms with E-state index in [1.165, 1.54) is 148 Å². The SMILES string of the molecule is CCCCCCCCCCCCCC/C=C/CCCCCCCCCCCCCC(=O)O. The molecule has 2 nitrogen and oxygen atoms in total. The molecular formula is C30H58O2. The topological polar surface area (TPSA) is 37.3 Å². The molecule has 0 aromatic heterocycles. The van der Waals surface area contributed by atoms with Gasteiger partial charge in [0.15, 0.2) is 0 Å². The van der Waals surface area contributed by atoms with E-state index in [0.29, 0.717) is 6.42 Å². The maximum atomic E-state index is 10.4. The van der Waals surface area contributed by atoms with Gasteiger partial charge < -0.3 is 5.11 Å². The second-order valence-corrected chi connectivity index (χ2v) is 9.97. The first-order chi connectivity index (χ1) is 15.8. The van der Waals surface area contributed by atoms with Gasteiger partial charge in [-0.15, -0.1) is 0 Å². The molecule has 0 rings (SSSR count). The first kappa shape index (κ1) is 31.2. The normalized spacial score (nSPS) is 11.5. The van der Waals surface area contributed by atoms with E-state index in [1.807, 2.05) is 0 Å². The van der Waals surface area contributed by atoms with Gasteiger partial charge in [-0.1, -0.05) is 147 Å². The van der Waals surface area contributed by atoms with Crippen molar-refractivity contribution in [1.82, 2.24) is 0 Å². The molecule has 0 radical (unpaired) electrons. The van der Waals surface area contributed by atoms with Crippen molar-refractivity contribution >= 4 is 5.97 Å². The molecule has 0 amide bonds. The fraction of sp³-hybridized carbons (Fsp3) is 0.900. The lowest BCUT2D eigenvalue weighted by atomic mass is 10.0. The molecule has 0 unspecified atom stereocenters. The fourth-order valence-electron chi connectivity index (χ4n) is 4.47. The first-order valence-corrected chi connectivity index (χ1v) is 14.6. The van der Waals surface area contributed by atoms with Gasteiger partial charge in [-0.3, -0.25) is 4.79 Å². The molecule has 0 aromatic rings. The molecule has 0 bridgehead atoms. The van der Waals surface area contributed by atoms with Crippen LogP contribution in [0.1, 0.15) is 174 Å². The lowest BCUT2D eigenvalue weighted by molar-refractivity contribution is -0.137. The number of allylic oxidation sites excluding steroid dienone is 2. The zero-order chi connectivity index (χ0) is 23.4. The Bertz CT molecular complexity index is 388. The molecule has 1 N–H and O–H groups in total. The first-order valence-electron chi connectivity index (χ1n) is 14.6. The van der Waals surface area contributed by atoms with E-state index in [4.69, 9.17) is 5.11 Å². The molecule has 0 saturated heterocycles. The molecule has 190 valence electrons. The van der Waals surface area contributed by atoms with Gasteiger partial charge in [0.05, 0.1) is 0 Å². The van der Waals surface area contributed by atoms with Gasteiger partial charge >= 0.3 is 5.97 Å². The lowest BCUT2D eigenvalue weighted by Crippen LogP contribution is -1.93. The number of carboxylic acid groups (broad SMARTS) is 1. The molecule has 0 aliphatic heterocycles. The van der Waals surface area contributed by atoms with Gasteiger partial charge in [0.25, 0.3) is 0 Å². The van der Waals surface area contributed by atoms with Crippen molar-refractivity contribution in [2.75, 3.05) is 0 Å². The van der Waals surface area contributed by atoms with E-state index < -0.39 is 5.97 Å². The van der Waals surface area contributed by atoms with Crippen molar-refractivity contribution in [3.8, 4) is 0 Å². The van der Waals surface area contributed by atoms with E-state index in [-0.39, 0.29) is 0 Å². The summed E-state index contributed by atoms with van der Waals surface area (Å²) in [6, 6.07) is 0. The highest BCUT2D eigenvalue weighted by atomic mass is 16.4. The third-order valence-electron chi connectivity index (χ3n) is 6.65. The smallest absolute Gasteiger partial charge is 0.303 e. The Morgan fingerprint density at radius 3 is 1.06 bits per heavy atom. The van der Waals surface area contributed by atoms with Crippen molar-refractivity contribution in [3.63, 3.8) is 0 Å². The highest BCUT2D eigenvalue weighted by Crippen LogP contribution is 2.14. The molecule has 0 fully saturated rings. The molecule has 0 saturated carbocycles. The molecule has 32 heavy (non-hydrogen) atoms. The molecule has 0 aromatic carbocycles. The van der Waals surface area contributed by atoms with Crippen LogP contribution in [-0.2, 0) is 4.79 Å². The molecule has 0 spiro atoms. The molecule has 0 aliphatic carbocycles. The maximum Gasteiger partial charge on any atom is 0.303 e. The Kier molecular flexibility index (Phi) is 27.5. The quantitative estimate of drug-likeness (QED) is 0.0997. The van der Waals surface area contributed by atoms with E-state index in [1.54, 1.807) is 0 Å². The fourth-order valence-corrected chi connectivity index (χ4v) is 4.47. The van der Waals surface area contributed by atoms with Crippen molar-refractivity contribution in [1.29, 1.82) is 0 Å². The van der Waals surface area contributed by atoms with Gasteiger partial charge in [0.1, 0.15) is 0 Å². The molecule has 0 atom stereocenters. The molecule has 0 heterocycles. The number of carbonyl (C=O) groups is 1. The highest BCUT2D eigenvalue weighted by molar-refractivity contribution is 5.66. The average molecular weight is 451 g/mol. The minimum Gasteiger partial charge on any atom is -0.481 e. The summed E-state index contributed by atoms with van der Waals surface area (Å²) in [4.78, 5) is 10.4. The van der Waals surface area contributed by atoms with Crippen LogP contribution in [0, 0.1) is 0 Å². The Balaban J connectivity index is 3.08. The Hall–Kier alpha value is -0.790. The number of rotatable bonds is 27. The van der Waals surface area contributed by atoms with E-state index >= 15 is 0 Å². The third-order valence-corrected chi connectivity index (χ3v) is 6.65. The highest BCUT2D eigenvalue weighted by Gasteiger charge is 1.97. The van der Waals surface area contributed by atoms with Crippen LogP contribution in [-0.4, -0.2) is 11.1 Å². The Labute approximate surface area is 202 Å². The van der Waals surface area contributed by atoms with E-state index in [9.17, 15) is 4.79 Å². The van der Waals surface area contributed by atoms with Crippen molar-refractivity contribution < 1.29 is 9.90 Å². The van der Waals surface area contributed by atoms with Crippen LogP contribution >= 0.6 is 0 Å². The van der Waals surface area contributed by atoms with Crippen LogP contribution < -0.4 is 0 Å². The molecular weight excluding hydrogens is 392 g/mol. The van der Waals surface area contributed by atoms with Crippen LogP contribution in [0.2, 0.25) is 0 Å². The summed E-state index contributed by atoms with van der Waals surface area (Å²) in [5, 5.41) is 8.60. The van der Waals surface area contributed by atoms with Crippen LogP contribution in [0.15, 0.2) is 12.2 Å². The van der Waals surface area contributed by atoms with Crippen molar-refractivity contribution in [2.45, 2.75) is 174 Å². The zero-order valence-corrected chi connectivity index (χ0v) is 21.9. The van der Waals surface area contributed by atoms with E-state index in [2.05, 4.69) is 19.1 Å². The minimum atomic E-state index is -0.653. The van der Waals surface area contributed by atoms with E-state index in [0.717, 1.165) is 12.8 Å². The van der Waals surface area contributed by atoms with Crippen LogP contribution in [0.25, 0.3) is 0 Å². The maximum absolute atomic E-state index is 10.4. The van der Waals surface area contributed by atoms with Gasteiger partial charge in [-0.2, -0.15) is 0 Å². The summed E-state index contributed by atoms with van der Waals surface area (Å²) >= 11 is 0. The summed E-state index contributed by atoms with van der Waals surface area (Å²) in [5.41, 5.74) is 0. The zero-order valence-electron chi connectivity index (χ0n) is 21.9. The summed E-state index contributed by atoms with van der Waals surface area (Å²) in [5.74, 6) is -0.653. The summed E-state index contributed by atoms with van der Waals surface area (Å²) in [7, 11) is 0. The van der Waals surface area contributed by atoms with Gasteiger partial charge in [-0.25, -0.2) is 0 Å². The lowest BCUT2D eigenvalue weighted by Gasteiger charge is -2.02. The average Bonchev–Trinajstić information content (AvgIpc) is 2.78. The monoisotopic (exact) mass is 450 g/mol. The van der Waals surface area contributed by atoms with Crippen LogP contribution in [0.5, 0.6) is 0 Å². The second kappa shape index (κ2) is 28.2. The minimum absolute atomic E-state index is 0.342. The van der Waals surface area contributed by atoms with Gasteiger partial charge in [0, 0.05) is 6.42 Å². The summed E-state index contributed by atoms with van der Waals surface area (Å²) < 4.78 is 0. The van der Waals surface area contributed by atoms with Crippen molar-refractivity contribution in [3.05, 3.63) is 12.2 Å². The summed E-state index contributed by atoms with van der Waals surface area (Å²) in [6.07, 6.45) is 39.0. The predicted molar refractivity (Wildman–Crippen MR) is 142 cm³/mol. The number of aliphatic carboxylic acids is 1. The second-order valence-electron chi connectivity index (χ2n) is 9.97.